The van der Waals surface area contributed by atoms with E-state index in [2.05, 4.69) is 0 Å². The molecule has 2 N–H and O–H groups in total. The van der Waals surface area contributed by atoms with Crippen LogP contribution in [0, 0.1) is 10.1 Å². The van der Waals surface area contributed by atoms with Crippen LogP contribution >= 0.6 is 0 Å². The van der Waals surface area contributed by atoms with Gasteiger partial charge in [0, 0.05) is 18.5 Å². The minimum Gasteiger partial charge on any atom is -0.508 e. The highest BCUT2D eigenvalue weighted by Crippen LogP contribution is 2.35. The molecule has 1 aromatic rings. The molecule has 5 heteroatoms. The van der Waals surface area contributed by atoms with Gasteiger partial charge >= 0.3 is 0 Å². The van der Waals surface area contributed by atoms with Crippen molar-refractivity contribution in [3.63, 3.8) is 0 Å². The number of phenols is 1. The number of phenolic OH excluding ortho intramolecular Hbond substituents is 1. The number of rotatable bonds is 2. The van der Waals surface area contributed by atoms with Crippen molar-refractivity contribution in [1.29, 1.82) is 0 Å². The number of aliphatic hydroxyl groups excluding tert-OH is 1. The van der Waals surface area contributed by atoms with Crippen LogP contribution < -0.4 is 0 Å². The molecule has 1 saturated carbocycles. The summed E-state index contributed by atoms with van der Waals surface area (Å²) in [5.74, 6) is 0.210. The van der Waals surface area contributed by atoms with Crippen LogP contribution in [0.15, 0.2) is 24.3 Å². The monoisotopic (exact) mass is 253 g/mol. The number of nitrogens with zero attached hydrogens (tertiary/aromatic N) is 1. The molecule has 1 aromatic carbocycles. The van der Waals surface area contributed by atoms with Crippen LogP contribution in [0.3, 0.4) is 0 Å². The standard InChI is InChI=1S/C12H15NO3.CH4O/c14-10-7-5-9(6-8-10)11-3-1-2-4-12(11)13(15)16;1-2/h5-8,11-12,14H,1-4H2;2H,1H3/t11?,12-;/m1./s1. The van der Waals surface area contributed by atoms with Gasteiger partial charge in [-0.2, -0.15) is 0 Å². The van der Waals surface area contributed by atoms with Gasteiger partial charge in [-0.05, 0) is 30.5 Å². The fraction of sp³-hybridized carbons (Fsp3) is 0.538. The van der Waals surface area contributed by atoms with E-state index in [1.807, 2.05) is 0 Å². The lowest BCUT2D eigenvalue weighted by Gasteiger charge is -2.25. The molecule has 100 valence electrons. The quantitative estimate of drug-likeness (QED) is 0.625. The van der Waals surface area contributed by atoms with Crippen LogP contribution in [0.4, 0.5) is 0 Å². The second-order valence-corrected chi connectivity index (χ2v) is 4.34. The van der Waals surface area contributed by atoms with Gasteiger partial charge in [0.1, 0.15) is 5.75 Å². The highest BCUT2D eigenvalue weighted by atomic mass is 16.6. The van der Waals surface area contributed by atoms with E-state index in [1.54, 1.807) is 24.3 Å². The Morgan fingerprint density at radius 2 is 1.72 bits per heavy atom. The smallest absolute Gasteiger partial charge is 0.219 e. The third-order valence-electron chi connectivity index (χ3n) is 3.32. The maximum Gasteiger partial charge on any atom is 0.219 e. The van der Waals surface area contributed by atoms with Crippen molar-refractivity contribution in [2.24, 2.45) is 0 Å². The molecule has 0 radical (unpaired) electrons. The van der Waals surface area contributed by atoms with E-state index in [-0.39, 0.29) is 16.6 Å². The maximum atomic E-state index is 11.0. The van der Waals surface area contributed by atoms with E-state index < -0.39 is 6.04 Å². The predicted molar refractivity (Wildman–Crippen MR) is 68.2 cm³/mol. The first-order valence-corrected chi connectivity index (χ1v) is 6.05. The summed E-state index contributed by atoms with van der Waals surface area (Å²) in [6.45, 7) is 0. The fourth-order valence-corrected chi connectivity index (χ4v) is 2.47. The van der Waals surface area contributed by atoms with Crippen molar-refractivity contribution in [1.82, 2.24) is 0 Å². The van der Waals surface area contributed by atoms with Crippen molar-refractivity contribution < 1.29 is 15.1 Å². The molecule has 0 aromatic heterocycles. The molecule has 0 bridgehead atoms. The van der Waals surface area contributed by atoms with Gasteiger partial charge in [-0.1, -0.05) is 18.6 Å². The fourth-order valence-electron chi connectivity index (χ4n) is 2.47. The van der Waals surface area contributed by atoms with E-state index in [0.29, 0.717) is 6.42 Å². The Hall–Kier alpha value is -1.62. The van der Waals surface area contributed by atoms with E-state index in [4.69, 9.17) is 5.11 Å². The largest absolute Gasteiger partial charge is 0.508 e. The number of hydrogen-bond donors (Lipinski definition) is 2. The molecule has 1 aliphatic carbocycles. The Balaban J connectivity index is 0.000000771. The summed E-state index contributed by atoms with van der Waals surface area (Å²) in [4.78, 5) is 10.8. The summed E-state index contributed by atoms with van der Waals surface area (Å²) < 4.78 is 0. The van der Waals surface area contributed by atoms with Crippen LogP contribution in [-0.4, -0.2) is 28.3 Å². The van der Waals surface area contributed by atoms with Crippen molar-refractivity contribution >= 4 is 0 Å². The van der Waals surface area contributed by atoms with E-state index in [1.165, 1.54) is 0 Å². The topological polar surface area (TPSA) is 83.6 Å². The lowest BCUT2D eigenvalue weighted by atomic mass is 9.80. The van der Waals surface area contributed by atoms with E-state index >= 15 is 0 Å². The minimum atomic E-state index is -0.460. The lowest BCUT2D eigenvalue weighted by Crippen LogP contribution is -2.30. The molecule has 0 heterocycles. The normalized spacial score (nSPS) is 22.8. The molecule has 0 aliphatic heterocycles. The Bertz CT molecular complexity index is 377. The molecule has 18 heavy (non-hydrogen) atoms. The van der Waals surface area contributed by atoms with Gasteiger partial charge in [0.05, 0.1) is 5.92 Å². The molecule has 0 amide bonds. The Morgan fingerprint density at radius 3 is 2.28 bits per heavy atom. The van der Waals surface area contributed by atoms with E-state index in [0.717, 1.165) is 31.9 Å². The van der Waals surface area contributed by atoms with Crippen LogP contribution in [0.1, 0.15) is 37.2 Å². The van der Waals surface area contributed by atoms with Crippen molar-refractivity contribution in [2.75, 3.05) is 7.11 Å². The van der Waals surface area contributed by atoms with Crippen molar-refractivity contribution in [2.45, 2.75) is 37.6 Å². The zero-order valence-electron chi connectivity index (χ0n) is 10.5. The predicted octanol–water partition coefficient (Wildman–Crippen LogP) is 2.30. The third-order valence-corrected chi connectivity index (χ3v) is 3.32. The highest BCUT2D eigenvalue weighted by Gasteiger charge is 2.34. The van der Waals surface area contributed by atoms with Crippen LogP contribution in [0.25, 0.3) is 0 Å². The van der Waals surface area contributed by atoms with Crippen LogP contribution in [0.2, 0.25) is 0 Å². The van der Waals surface area contributed by atoms with Crippen LogP contribution in [0.5, 0.6) is 5.75 Å². The average molecular weight is 253 g/mol. The molecular weight excluding hydrogens is 234 g/mol. The summed E-state index contributed by atoms with van der Waals surface area (Å²) in [5, 5.41) is 27.2. The number of aliphatic hydroxyl groups is 1. The summed E-state index contributed by atoms with van der Waals surface area (Å²) in [5.41, 5.74) is 0.971. The van der Waals surface area contributed by atoms with E-state index in [9.17, 15) is 15.2 Å². The van der Waals surface area contributed by atoms with Gasteiger partial charge in [0.25, 0.3) is 0 Å². The number of benzene rings is 1. The minimum absolute atomic E-state index is 0.00403. The summed E-state index contributed by atoms with van der Waals surface area (Å²) >= 11 is 0. The van der Waals surface area contributed by atoms with Crippen molar-refractivity contribution in [3.8, 4) is 5.75 Å². The molecule has 1 aliphatic rings. The van der Waals surface area contributed by atoms with Gasteiger partial charge in [0.15, 0.2) is 0 Å². The summed E-state index contributed by atoms with van der Waals surface area (Å²) in [7, 11) is 1.00. The molecule has 2 atom stereocenters. The molecule has 5 nitrogen and oxygen atoms in total. The highest BCUT2D eigenvalue weighted by molar-refractivity contribution is 5.29. The zero-order chi connectivity index (χ0) is 13.5. The molecule has 2 rings (SSSR count). The molecular formula is C13H19NO4. The van der Waals surface area contributed by atoms with Gasteiger partial charge in [-0.25, -0.2) is 0 Å². The molecule has 1 unspecified atom stereocenters. The Labute approximate surface area is 106 Å². The molecule has 1 fully saturated rings. The second-order valence-electron chi connectivity index (χ2n) is 4.34. The lowest BCUT2D eigenvalue weighted by molar-refractivity contribution is -0.530. The van der Waals surface area contributed by atoms with Crippen LogP contribution in [-0.2, 0) is 0 Å². The van der Waals surface area contributed by atoms with Gasteiger partial charge in [-0.15, -0.1) is 0 Å². The summed E-state index contributed by atoms with van der Waals surface area (Å²) in [6, 6.07) is 6.32. The Morgan fingerprint density at radius 1 is 1.17 bits per heavy atom. The summed E-state index contributed by atoms with van der Waals surface area (Å²) in [6.07, 6.45) is 3.53. The number of aromatic hydroxyl groups is 1. The first-order chi connectivity index (χ1) is 8.68. The number of hydrogen-bond acceptors (Lipinski definition) is 4. The zero-order valence-corrected chi connectivity index (χ0v) is 10.5. The first-order valence-electron chi connectivity index (χ1n) is 6.05. The van der Waals surface area contributed by atoms with Crippen molar-refractivity contribution in [3.05, 3.63) is 39.9 Å². The van der Waals surface area contributed by atoms with Gasteiger partial charge in [0.2, 0.25) is 6.04 Å². The molecule has 0 saturated heterocycles. The maximum absolute atomic E-state index is 11.0. The van der Waals surface area contributed by atoms with Gasteiger partial charge in [-0.3, -0.25) is 10.1 Å². The Kier molecular flexibility index (Phi) is 5.58. The third kappa shape index (κ3) is 3.43. The molecule has 0 spiro atoms. The van der Waals surface area contributed by atoms with Gasteiger partial charge < -0.3 is 10.2 Å². The first kappa shape index (κ1) is 14.4. The second kappa shape index (κ2) is 6.96. The number of nitro groups is 1. The SMILES string of the molecule is CO.O=[N+]([O-])[C@@H]1CCCCC1c1ccc(O)cc1. The average Bonchev–Trinajstić information content (AvgIpc) is 2.42.